The maximum Gasteiger partial charge on any atom is 0.0663 e. The summed E-state index contributed by atoms with van der Waals surface area (Å²) in [6.07, 6.45) is 1.12. The maximum atomic E-state index is 5.35. The van der Waals surface area contributed by atoms with E-state index in [0.717, 1.165) is 26.1 Å². The van der Waals surface area contributed by atoms with Crippen molar-refractivity contribution in [1.82, 2.24) is 5.32 Å². The van der Waals surface area contributed by atoms with Crippen molar-refractivity contribution < 1.29 is 4.74 Å². The molecule has 1 aliphatic rings. The Kier molecular flexibility index (Phi) is 4.48. The molecule has 0 amide bonds. The number of fused-ring (bicyclic) bond motifs is 1. The Morgan fingerprint density at radius 2 is 2.16 bits per heavy atom. The van der Waals surface area contributed by atoms with E-state index in [0.29, 0.717) is 6.04 Å². The van der Waals surface area contributed by atoms with E-state index >= 15 is 0 Å². The number of benzene rings is 1. The third-order valence-corrected chi connectivity index (χ3v) is 4.25. The number of hydrogen-bond acceptors (Lipinski definition) is 3. The molecule has 0 spiro atoms. The molecule has 1 heterocycles. The molecule has 1 N–H and O–H groups in total. The van der Waals surface area contributed by atoms with Crippen molar-refractivity contribution in [3.63, 3.8) is 0 Å². The highest BCUT2D eigenvalue weighted by Gasteiger charge is 2.31. The van der Waals surface area contributed by atoms with Gasteiger partial charge in [0.05, 0.1) is 6.61 Å². The van der Waals surface area contributed by atoms with Crippen LogP contribution in [-0.2, 0) is 11.3 Å². The summed E-state index contributed by atoms with van der Waals surface area (Å²) in [4.78, 5) is 2.49. The van der Waals surface area contributed by atoms with Crippen LogP contribution in [0.2, 0.25) is 0 Å². The first-order valence-electron chi connectivity index (χ1n) is 7.18. The molecule has 106 valence electrons. The third kappa shape index (κ3) is 3.10. The van der Waals surface area contributed by atoms with Crippen LogP contribution in [0.5, 0.6) is 0 Å². The maximum absolute atomic E-state index is 5.35. The summed E-state index contributed by atoms with van der Waals surface area (Å²) < 4.78 is 5.35. The molecule has 0 aromatic heterocycles. The summed E-state index contributed by atoms with van der Waals surface area (Å²) in [5.41, 5.74) is 2.88. The van der Waals surface area contributed by atoms with Crippen LogP contribution >= 0.6 is 0 Å². The fourth-order valence-corrected chi connectivity index (χ4v) is 2.73. The molecule has 0 saturated carbocycles. The van der Waals surface area contributed by atoms with Crippen LogP contribution in [0.1, 0.15) is 32.8 Å². The van der Waals surface area contributed by atoms with Crippen LogP contribution in [0.3, 0.4) is 0 Å². The Labute approximate surface area is 116 Å². The first-order chi connectivity index (χ1) is 9.09. The van der Waals surface area contributed by atoms with Crippen LogP contribution in [0, 0.1) is 0 Å². The zero-order valence-corrected chi connectivity index (χ0v) is 12.6. The smallest absolute Gasteiger partial charge is 0.0663 e. The molecular formula is C16H26N2O. The standard InChI is InChI=1S/C16H26N2O/c1-5-16(3)12-18(13(2)11-19-4)15-9-7-6-8-14(15)10-17-16/h6-9,13,17H,5,10-12H2,1-4H3. The van der Waals surface area contributed by atoms with Gasteiger partial charge in [-0.05, 0) is 31.9 Å². The number of para-hydroxylation sites is 1. The lowest BCUT2D eigenvalue weighted by molar-refractivity contribution is 0.178. The van der Waals surface area contributed by atoms with Crippen molar-refractivity contribution in [2.75, 3.05) is 25.2 Å². The van der Waals surface area contributed by atoms with Gasteiger partial charge in [0.1, 0.15) is 0 Å². The number of hydrogen-bond donors (Lipinski definition) is 1. The topological polar surface area (TPSA) is 24.5 Å². The Hall–Kier alpha value is -1.06. The van der Waals surface area contributed by atoms with Gasteiger partial charge in [-0.1, -0.05) is 25.1 Å². The summed E-state index contributed by atoms with van der Waals surface area (Å²) in [6, 6.07) is 9.08. The zero-order chi connectivity index (χ0) is 13.9. The molecule has 0 fully saturated rings. The summed E-state index contributed by atoms with van der Waals surface area (Å²) >= 11 is 0. The SMILES string of the molecule is CCC1(C)CN(C(C)COC)c2ccccc2CN1. The Bertz CT molecular complexity index is 421. The van der Waals surface area contributed by atoms with Crippen molar-refractivity contribution in [3.8, 4) is 0 Å². The minimum absolute atomic E-state index is 0.154. The quantitative estimate of drug-likeness (QED) is 0.903. The van der Waals surface area contributed by atoms with Crippen LogP contribution in [-0.4, -0.2) is 31.8 Å². The van der Waals surface area contributed by atoms with Gasteiger partial charge in [0.2, 0.25) is 0 Å². The number of nitrogens with zero attached hydrogens (tertiary/aromatic N) is 1. The van der Waals surface area contributed by atoms with Gasteiger partial charge >= 0.3 is 0 Å². The molecule has 1 aliphatic heterocycles. The molecule has 2 unspecified atom stereocenters. The number of methoxy groups -OCH3 is 1. The van der Waals surface area contributed by atoms with Crippen LogP contribution in [0.15, 0.2) is 24.3 Å². The van der Waals surface area contributed by atoms with Crippen LogP contribution in [0.25, 0.3) is 0 Å². The summed E-state index contributed by atoms with van der Waals surface area (Å²) in [5.74, 6) is 0. The van der Waals surface area contributed by atoms with Crippen molar-refractivity contribution in [3.05, 3.63) is 29.8 Å². The lowest BCUT2D eigenvalue weighted by Gasteiger charge is -2.37. The van der Waals surface area contributed by atoms with E-state index in [1.165, 1.54) is 11.3 Å². The molecule has 0 radical (unpaired) electrons. The Morgan fingerprint density at radius 1 is 1.42 bits per heavy atom. The molecule has 0 bridgehead atoms. The highest BCUT2D eigenvalue weighted by Crippen LogP contribution is 2.29. The first kappa shape index (κ1) is 14.4. The zero-order valence-electron chi connectivity index (χ0n) is 12.6. The van der Waals surface area contributed by atoms with E-state index in [1.54, 1.807) is 7.11 Å². The van der Waals surface area contributed by atoms with E-state index < -0.39 is 0 Å². The lowest BCUT2D eigenvalue weighted by Crippen LogP contribution is -2.51. The first-order valence-corrected chi connectivity index (χ1v) is 7.18. The average Bonchev–Trinajstić information content (AvgIpc) is 2.58. The molecule has 0 saturated heterocycles. The predicted molar refractivity (Wildman–Crippen MR) is 80.7 cm³/mol. The predicted octanol–water partition coefficient (Wildman–Crippen LogP) is 2.80. The molecule has 2 rings (SSSR count). The average molecular weight is 262 g/mol. The molecule has 19 heavy (non-hydrogen) atoms. The second-order valence-corrected chi connectivity index (χ2v) is 5.83. The van der Waals surface area contributed by atoms with Gasteiger partial charge in [0, 0.05) is 37.5 Å². The van der Waals surface area contributed by atoms with Gasteiger partial charge in [-0.25, -0.2) is 0 Å². The number of rotatable bonds is 4. The summed E-state index contributed by atoms with van der Waals surface area (Å²) in [5, 5.41) is 3.71. The van der Waals surface area contributed by atoms with Gasteiger partial charge in [-0.15, -0.1) is 0 Å². The van der Waals surface area contributed by atoms with Crippen LogP contribution < -0.4 is 10.2 Å². The molecule has 3 heteroatoms. The Balaban J connectivity index is 2.34. The Morgan fingerprint density at radius 3 is 2.84 bits per heavy atom. The largest absolute Gasteiger partial charge is 0.383 e. The monoisotopic (exact) mass is 262 g/mol. The highest BCUT2D eigenvalue weighted by molar-refractivity contribution is 5.55. The number of nitrogens with one attached hydrogen (secondary N) is 1. The van der Waals surface area contributed by atoms with Crippen molar-refractivity contribution in [1.29, 1.82) is 0 Å². The molecule has 2 atom stereocenters. The molecule has 3 nitrogen and oxygen atoms in total. The summed E-state index contributed by atoms with van der Waals surface area (Å²) in [6.45, 7) is 9.52. The van der Waals surface area contributed by atoms with Gasteiger partial charge in [-0.3, -0.25) is 0 Å². The molecular weight excluding hydrogens is 236 g/mol. The fourth-order valence-electron chi connectivity index (χ4n) is 2.73. The van der Waals surface area contributed by atoms with Crippen molar-refractivity contribution in [2.45, 2.75) is 45.3 Å². The highest BCUT2D eigenvalue weighted by atomic mass is 16.5. The minimum Gasteiger partial charge on any atom is -0.383 e. The van der Waals surface area contributed by atoms with E-state index in [4.69, 9.17) is 4.74 Å². The van der Waals surface area contributed by atoms with Crippen molar-refractivity contribution in [2.24, 2.45) is 0 Å². The second kappa shape index (κ2) is 5.93. The van der Waals surface area contributed by atoms with E-state index in [1.807, 2.05) is 0 Å². The number of anilines is 1. The fraction of sp³-hybridized carbons (Fsp3) is 0.625. The third-order valence-electron chi connectivity index (χ3n) is 4.25. The van der Waals surface area contributed by atoms with E-state index in [9.17, 15) is 0 Å². The second-order valence-electron chi connectivity index (χ2n) is 5.83. The van der Waals surface area contributed by atoms with Crippen LogP contribution in [0.4, 0.5) is 5.69 Å². The van der Waals surface area contributed by atoms with Gasteiger partial charge in [-0.2, -0.15) is 0 Å². The van der Waals surface area contributed by atoms with E-state index in [-0.39, 0.29) is 5.54 Å². The molecule has 1 aromatic rings. The minimum atomic E-state index is 0.154. The van der Waals surface area contributed by atoms with Crippen molar-refractivity contribution >= 4 is 5.69 Å². The molecule has 1 aromatic carbocycles. The van der Waals surface area contributed by atoms with E-state index in [2.05, 4.69) is 55.3 Å². The van der Waals surface area contributed by atoms with Gasteiger partial charge in [0.15, 0.2) is 0 Å². The van der Waals surface area contributed by atoms with Gasteiger partial charge in [0.25, 0.3) is 0 Å². The van der Waals surface area contributed by atoms with Gasteiger partial charge < -0.3 is 15.0 Å². The normalized spacial score (nSPS) is 24.7. The molecule has 0 aliphatic carbocycles. The summed E-state index contributed by atoms with van der Waals surface area (Å²) in [7, 11) is 1.78. The number of ether oxygens (including phenoxy) is 1. The lowest BCUT2D eigenvalue weighted by atomic mass is 9.98.